The van der Waals surface area contributed by atoms with Crippen LogP contribution >= 0.6 is 0 Å². The normalized spacial score (nSPS) is 12.9. The molecule has 0 atom stereocenters. The minimum Gasteiger partial charge on any atom is -0.486 e. The second-order valence-electron chi connectivity index (χ2n) is 4.21. The van der Waals surface area contributed by atoms with Crippen molar-refractivity contribution < 1.29 is 4.74 Å². The molecule has 2 N–H and O–H groups in total. The van der Waals surface area contributed by atoms with Crippen LogP contribution in [0.4, 0.5) is 5.69 Å². The molecule has 1 aliphatic rings. The van der Waals surface area contributed by atoms with Gasteiger partial charge in [0.2, 0.25) is 0 Å². The molecule has 0 saturated carbocycles. The van der Waals surface area contributed by atoms with Gasteiger partial charge in [-0.25, -0.2) is 0 Å². The van der Waals surface area contributed by atoms with Gasteiger partial charge < -0.3 is 10.5 Å². The Morgan fingerprint density at radius 1 is 1.06 bits per heavy atom. The molecule has 18 heavy (non-hydrogen) atoms. The van der Waals surface area contributed by atoms with Crippen LogP contribution in [-0.2, 0) is 6.54 Å². The van der Waals surface area contributed by atoms with E-state index in [2.05, 4.69) is 35.3 Å². The third-order valence-electron chi connectivity index (χ3n) is 3.03. The molecule has 3 heteroatoms. The maximum absolute atomic E-state index is 5.59. The molecule has 0 amide bonds. The summed E-state index contributed by atoms with van der Waals surface area (Å²) in [6, 6.07) is 14.3. The van der Waals surface area contributed by atoms with Crippen molar-refractivity contribution in [3.05, 3.63) is 48.0 Å². The predicted molar refractivity (Wildman–Crippen MR) is 73.4 cm³/mol. The third-order valence-corrected chi connectivity index (χ3v) is 3.03. The molecule has 0 spiro atoms. The summed E-state index contributed by atoms with van der Waals surface area (Å²) in [5.74, 6) is 0.847. The van der Waals surface area contributed by atoms with Gasteiger partial charge in [0.15, 0.2) is 0 Å². The lowest BCUT2D eigenvalue weighted by molar-refractivity contribution is 0.377. The number of fused-ring (bicyclic) bond motifs is 1. The van der Waals surface area contributed by atoms with E-state index < -0.39 is 0 Å². The topological polar surface area (TPSA) is 47.6 Å². The molecular weight excluding hydrogens is 224 g/mol. The van der Waals surface area contributed by atoms with E-state index in [4.69, 9.17) is 10.5 Å². The maximum atomic E-state index is 5.59. The van der Waals surface area contributed by atoms with Crippen LogP contribution in [0.15, 0.2) is 47.5 Å². The van der Waals surface area contributed by atoms with Gasteiger partial charge in [-0.1, -0.05) is 30.3 Å². The molecule has 90 valence electrons. The number of ether oxygens (including phenoxy) is 1. The second-order valence-corrected chi connectivity index (χ2v) is 4.21. The summed E-state index contributed by atoms with van der Waals surface area (Å²) in [4.78, 5) is 4.34. The van der Waals surface area contributed by atoms with Crippen LogP contribution in [0.2, 0.25) is 0 Å². The Morgan fingerprint density at radius 2 is 1.83 bits per heavy atom. The molecule has 0 aromatic heterocycles. The average Bonchev–Trinajstić information content (AvgIpc) is 2.47. The summed E-state index contributed by atoms with van der Waals surface area (Å²) in [6.07, 6.45) is 1.78. The molecule has 2 aromatic carbocycles. The van der Waals surface area contributed by atoms with Crippen LogP contribution in [0.5, 0.6) is 5.75 Å². The van der Waals surface area contributed by atoms with Gasteiger partial charge >= 0.3 is 0 Å². The number of hydrogen-bond acceptors (Lipinski definition) is 3. The standard InChI is InChI=1S/C15H14N2O/c16-10-11-1-3-12(4-2-11)13-5-6-15-14(9-13)17-7-8-18-15/h1-7,9H,8,10,16H2. The highest BCUT2D eigenvalue weighted by atomic mass is 16.5. The van der Waals surface area contributed by atoms with Gasteiger partial charge in [-0.2, -0.15) is 0 Å². The van der Waals surface area contributed by atoms with Gasteiger partial charge in [0.05, 0.1) is 0 Å². The van der Waals surface area contributed by atoms with E-state index in [0.29, 0.717) is 13.2 Å². The first kappa shape index (κ1) is 11.0. The first-order chi connectivity index (χ1) is 8.86. The van der Waals surface area contributed by atoms with Gasteiger partial charge in [-0.05, 0) is 28.8 Å². The van der Waals surface area contributed by atoms with Crippen molar-refractivity contribution in [2.24, 2.45) is 10.7 Å². The van der Waals surface area contributed by atoms with Crippen LogP contribution in [0.3, 0.4) is 0 Å². The number of benzene rings is 2. The summed E-state index contributed by atoms with van der Waals surface area (Å²) < 4.78 is 5.48. The second kappa shape index (κ2) is 4.63. The molecule has 0 radical (unpaired) electrons. The molecular formula is C15H14N2O. The Kier molecular flexibility index (Phi) is 2.82. The Morgan fingerprint density at radius 3 is 2.61 bits per heavy atom. The van der Waals surface area contributed by atoms with Crippen LogP contribution in [0.25, 0.3) is 11.1 Å². The van der Waals surface area contributed by atoms with Gasteiger partial charge in [-0.15, -0.1) is 0 Å². The fourth-order valence-corrected chi connectivity index (χ4v) is 2.02. The fraction of sp³-hybridized carbons (Fsp3) is 0.133. The first-order valence-corrected chi connectivity index (χ1v) is 5.95. The van der Waals surface area contributed by atoms with E-state index in [-0.39, 0.29) is 0 Å². The van der Waals surface area contributed by atoms with E-state index in [0.717, 1.165) is 28.1 Å². The van der Waals surface area contributed by atoms with E-state index in [1.807, 2.05) is 12.1 Å². The lowest BCUT2D eigenvalue weighted by Crippen LogP contribution is -2.02. The molecule has 0 fully saturated rings. The number of aliphatic imine (C=N–C) groups is 1. The highest BCUT2D eigenvalue weighted by molar-refractivity contribution is 5.76. The number of nitrogens with zero attached hydrogens (tertiary/aromatic N) is 1. The van der Waals surface area contributed by atoms with Crippen molar-refractivity contribution in [1.82, 2.24) is 0 Å². The molecule has 0 unspecified atom stereocenters. The number of hydrogen-bond donors (Lipinski definition) is 1. The summed E-state index contributed by atoms with van der Waals surface area (Å²) in [5.41, 5.74) is 9.92. The Hall–Kier alpha value is -2.13. The molecule has 1 heterocycles. The molecule has 0 bridgehead atoms. The van der Waals surface area contributed by atoms with Crippen molar-refractivity contribution in [3.8, 4) is 16.9 Å². The molecule has 3 nitrogen and oxygen atoms in total. The first-order valence-electron chi connectivity index (χ1n) is 5.95. The lowest BCUT2D eigenvalue weighted by atomic mass is 10.0. The zero-order valence-electron chi connectivity index (χ0n) is 9.97. The smallest absolute Gasteiger partial charge is 0.145 e. The van der Waals surface area contributed by atoms with Gasteiger partial charge in [-0.3, -0.25) is 4.99 Å². The minimum absolute atomic E-state index is 0.553. The predicted octanol–water partition coefficient (Wildman–Crippen LogP) is 2.91. The Labute approximate surface area is 106 Å². The highest BCUT2D eigenvalue weighted by Gasteiger charge is 2.08. The third kappa shape index (κ3) is 2.00. The van der Waals surface area contributed by atoms with Crippen LogP contribution in [0.1, 0.15) is 5.56 Å². The molecule has 2 aromatic rings. The number of nitrogens with two attached hydrogens (primary N) is 1. The fourth-order valence-electron chi connectivity index (χ4n) is 2.02. The van der Waals surface area contributed by atoms with Crippen LogP contribution in [0, 0.1) is 0 Å². The Bertz CT molecular complexity index is 588. The SMILES string of the molecule is NCc1ccc(-c2ccc3c(c2)N=CCO3)cc1. The molecule has 0 aliphatic carbocycles. The summed E-state index contributed by atoms with van der Waals surface area (Å²) in [5, 5.41) is 0. The van der Waals surface area contributed by atoms with E-state index in [1.54, 1.807) is 6.21 Å². The Balaban J connectivity index is 1.99. The maximum Gasteiger partial charge on any atom is 0.145 e. The van der Waals surface area contributed by atoms with Crippen molar-refractivity contribution in [1.29, 1.82) is 0 Å². The average molecular weight is 238 g/mol. The van der Waals surface area contributed by atoms with Gasteiger partial charge in [0.25, 0.3) is 0 Å². The van der Waals surface area contributed by atoms with E-state index in [9.17, 15) is 0 Å². The summed E-state index contributed by atoms with van der Waals surface area (Å²) >= 11 is 0. The van der Waals surface area contributed by atoms with Crippen molar-refractivity contribution in [2.75, 3.05) is 6.61 Å². The van der Waals surface area contributed by atoms with E-state index >= 15 is 0 Å². The minimum atomic E-state index is 0.553. The zero-order chi connectivity index (χ0) is 12.4. The molecule has 0 saturated heterocycles. The summed E-state index contributed by atoms with van der Waals surface area (Å²) in [6.45, 7) is 1.13. The van der Waals surface area contributed by atoms with Crippen LogP contribution < -0.4 is 10.5 Å². The summed E-state index contributed by atoms with van der Waals surface area (Å²) in [7, 11) is 0. The molecule has 1 aliphatic heterocycles. The van der Waals surface area contributed by atoms with Gasteiger partial charge in [0, 0.05) is 12.8 Å². The van der Waals surface area contributed by atoms with Crippen molar-refractivity contribution in [2.45, 2.75) is 6.54 Å². The van der Waals surface area contributed by atoms with Crippen LogP contribution in [-0.4, -0.2) is 12.8 Å². The quantitative estimate of drug-likeness (QED) is 0.874. The molecule has 3 rings (SSSR count). The largest absolute Gasteiger partial charge is 0.486 e. The highest BCUT2D eigenvalue weighted by Crippen LogP contribution is 2.34. The monoisotopic (exact) mass is 238 g/mol. The van der Waals surface area contributed by atoms with Crippen molar-refractivity contribution >= 4 is 11.9 Å². The number of rotatable bonds is 2. The van der Waals surface area contributed by atoms with Crippen molar-refractivity contribution in [3.63, 3.8) is 0 Å². The zero-order valence-corrected chi connectivity index (χ0v) is 9.97. The van der Waals surface area contributed by atoms with Gasteiger partial charge in [0.1, 0.15) is 18.0 Å². The van der Waals surface area contributed by atoms with E-state index in [1.165, 1.54) is 0 Å². The lowest BCUT2D eigenvalue weighted by Gasteiger charge is -2.12.